The molecule has 124 valence electrons. The number of rotatable bonds is 5. The summed E-state index contributed by atoms with van der Waals surface area (Å²) in [4.78, 5) is 7.17. The van der Waals surface area contributed by atoms with Gasteiger partial charge in [0.15, 0.2) is 0 Å². The van der Waals surface area contributed by atoms with E-state index in [1.54, 1.807) is 0 Å². The van der Waals surface area contributed by atoms with Gasteiger partial charge in [-0.05, 0) is 50.2 Å². The third-order valence-corrected chi connectivity index (χ3v) is 4.62. The predicted molar refractivity (Wildman–Crippen MR) is 96.4 cm³/mol. The summed E-state index contributed by atoms with van der Waals surface area (Å²) in [5.74, 6) is 0.918. The van der Waals surface area contributed by atoms with Crippen molar-refractivity contribution in [1.29, 1.82) is 0 Å². The summed E-state index contributed by atoms with van der Waals surface area (Å²) < 4.78 is 8.01. The summed E-state index contributed by atoms with van der Waals surface area (Å²) >= 11 is 0. The van der Waals surface area contributed by atoms with Crippen molar-refractivity contribution in [2.75, 3.05) is 26.2 Å². The number of nitrogens with zero attached hydrogens (tertiary/aromatic N) is 3. The molecule has 0 N–H and O–H groups in total. The van der Waals surface area contributed by atoms with Crippen LogP contribution in [-0.4, -0.2) is 40.5 Å². The van der Waals surface area contributed by atoms with Gasteiger partial charge in [-0.1, -0.05) is 24.6 Å². The quantitative estimate of drug-likeness (QED) is 0.714. The van der Waals surface area contributed by atoms with Gasteiger partial charge in [0.05, 0.1) is 5.69 Å². The van der Waals surface area contributed by atoms with Crippen LogP contribution in [0.1, 0.15) is 19.3 Å². The van der Waals surface area contributed by atoms with Crippen LogP contribution in [0, 0.1) is 0 Å². The molecule has 4 rings (SSSR count). The van der Waals surface area contributed by atoms with Crippen LogP contribution in [0.3, 0.4) is 0 Å². The molecule has 4 nitrogen and oxygen atoms in total. The maximum absolute atomic E-state index is 5.97. The van der Waals surface area contributed by atoms with E-state index in [1.165, 1.54) is 32.4 Å². The van der Waals surface area contributed by atoms with Crippen molar-refractivity contribution in [3.63, 3.8) is 0 Å². The first-order chi connectivity index (χ1) is 11.9. The molecule has 0 spiro atoms. The molecule has 1 saturated heterocycles. The number of likely N-dealkylation sites (tertiary alicyclic amines) is 1. The molecule has 3 aromatic rings. The number of hydrogen-bond acceptors (Lipinski definition) is 3. The summed E-state index contributed by atoms with van der Waals surface area (Å²) in [5.41, 5.74) is 3.03. The summed E-state index contributed by atoms with van der Waals surface area (Å²) in [6.07, 6.45) is 8.10. The fourth-order valence-corrected chi connectivity index (χ4v) is 3.29. The Bertz CT molecular complexity index is 772. The SMILES string of the molecule is c1cc(OCCN2CCCCC2)cc(-c2cn3ccccc3n2)c1. The smallest absolute Gasteiger partial charge is 0.137 e. The van der Waals surface area contributed by atoms with Crippen molar-refractivity contribution in [2.45, 2.75) is 19.3 Å². The van der Waals surface area contributed by atoms with E-state index in [0.29, 0.717) is 0 Å². The van der Waals surface area contributed by atoms with E-state index in [0.717, 1.165) is 35.8 Å². The monoisotopic (exact) mass is 321 g/mol. The summed E-state index contributed by atoms with van der Waals surface area (Å²) in [6, 6.07) is 14.3. The third kappa shape index (κ3) is 3.44. The maximum Gasteiger partial charge on any atom is 0.137 e. The van der Waals surface area contributed by atoms with E-state index >= 15 is 0 Å². The fourth-order valence-electron chi connectivity index (χ4n) is 3.29. The van der Waals surface area contributed by atoms with Crippen molar-refractivity contribution in [3.8, 4) is 17.0 Å². The van der Waals surface area contributed by atoms with E-state index in [9.17, 15) is 0 Å². The lowest BCUT2D eigenvalue weighted by Crippen LogP contribution is -2.33. The lowest BCUT2D eigenvalue weighted by Gasteiger charge is -2.26. The van der Waals surface area contributed by atoms with Crippen molar-refractivity contribution in [3.05, 3.63) is 54.9 Å². The topological polar surface area (TPSA) is 29.8 Å². The van der Waals surface area contributed by atoms with Gasteiger partial charge in [0.1, 0.15) is 18.0 Å². The first-order valence-electron chi connectivity index (χ1n) is 8.78. The summed E-state index contributed by atoms with van der Waals surface area (Å²) in [6.45, 7) is 4.18. The van der Waals surface area contributed by atoms with E-state index in [4.69, 9.17) is 4.74 Å². The molecule has 0 aliphatic carbocycles. The van der Waals surface area contributed by atoms with Crippen LogP contribution in [-0.2, 0) is 0 Å². The molecule has 0 saturated carbocycles. The molecule has 0 atom stereocenters. The van der Waals surface area contributed by atoms with E-state index < -0.39 is 0 Å². The number of fused-ring (bicyclic) bond motifs is 1. The zero-order valence-electron chi connectivity index (χ0n) is 13.9. The number of hydrogen-bond donors (Lipinski definition) is 0. The molecule has 1 fully saturated rings. The minimum atomic E-state index is 0.745. The van der Waals surface area contributed by atoms with Gasteiger partial charge in [0.2, 0.25) is 0 Å². The van der Waals surface area contributed by atoms with Crippen LogP contribution in [0.15, 0.2) is 54.9 Å². The van der Waals surface area contributed by atoms with Crippen molar-refractivity contribution in [1.82, 2.24) is 14.3 Å². The van der Waals surface area contributed by atoms with Crippen LogP contribution in [0.2, 0.25) is 0 Å². The first kappa shape index (κ1) is 15.2. The van der Waals surface area contributed by atoms with Crippen LogP contribution >= 0.6 is 0 Å². The Kier molecular flexibility index (Phi) is 4.47. The molecule has 0 amide bonds. The predicted octanol–water partition coefficient (Wildman–Crippen LogP) is 3.87. The number of pyridine rings is 1. The van der Waals surface area contributed by atoms with Gasteiger partial charge < -0.3 is 9.14 Å². The standard InChI is InChI=1S/C20H23N3O/c1-3-10-22(11-4-1)13-14-24-18-8-6-7-17(15-18)19-16-23-12-5-2-9-20(23)21-19/h2,5-9,12,15-16H,1,3-4,10-11,13-14H2. The Morgan fingerprint density at radius 3 is 2.79 bits per heavy atom. The lowest BCUT2D eigenvalue weighted by atomic mass is 10.1. The number of aromatic nitrogens is 2. The Morgan fingerprint density at radius 2 is 1.92 bits per heavy atom. The van der Waals surface area contributed by atoms with Gasteiger partial charge in [0.25, 0.3) is 0 Å². The highest BCUT2D eigenvalue weighted by molar-refractivity contribution is 5.64. The second kappa shape index (κ2) is 7.05. The second-order valence-corrected chi connectivity index (χ2v) is 6.37. The maximum atomic E-state index is 5.97. The van der Waals surface area contributed by atoms with Crippen molar-refractivity contribution >= 4 is 5.65 Å². The molecule has 24 heavy (non-hydrogen) atoms. The van der Waals surface area contributed by atoms with E-state index in [-0.39, 0.29) is 0 Å². The fraction of sp³-hybridized carbons (Fsp3) is 0.350. The number of imidazole rings is 1. The Balaban J connectivity index is 1.43. The molecule has 0 bridgehead atoms. The van der Waals surface area contributed by atoms with Gasteiger partial charge in [-0.2, -0.15) is 0 Å². The highest BCUT2D eigenvalue weighted by Gasteiger charge is 2.10. The third-order valence-electron chi connectivity index (χ3n) is 4.62. The molecule has 2 aromatic heterocycles. The minimum Gasteiger partial charge on any atom is -0.492 e. The van der Waals surface area contributed by atoms with Crippen molar-refractivity contribution in [2.24, 2.45) is 0 Å². The van der Waals surface area contributed by atoms with Gasteiger partial charge in [-0.25, -0.2) is 4.98 Å². The van der Waals surface area contributed by atoms with E-state index in [2.05, 4.69) is 28.2 Å². The van der Waals surface area contributed by atoms with Crippen molar-refractivity contribution < 1.29 is 4.74 Å². The average Bonchev–Trinajstić information content (AvgIpc) is 3.07. The lowest BCUT2D eigenvalue weighted by molar-refractivity contribution is 0.183. The van der Waals surface area contributed by atoms with Crippen LogP contribution in [0.25, 0.3) is 16.9 Å². The minimum absolute atomic E-state index is 0.745. The summed E-state index contributed by atoms with van der Waals surface area (Å²) in [7, 11) is 0. The molecule has 0 radical (unpaired) electrons. The molecule has 1 aliphatic rings. The number of ether oxygens (including phenoxy) is 1. The van der Waals surface area contributed by atoms with Gasteiger partial charge in [0, 0.05) is 24.5 Å². The largest absolute Gasteiger partial charge is 0.492 e. The molecule has 3 heterocycles. The molecule has 1 aliphatic heterocycles. The zero-order chi connectivity index (χ0) is 16.2. The summed E-state index contributed by atoms with van der Waals surface area (Å²) in [5, 5.41) is 0. The average molecular weight is 321 g/mol. The molecule has 0 unspecified atom stereocenters. The van der Waals surface area contributed by atoms with Crippen LogP contribution in [0.4, 0.5) is 0 Å². The first-order valence-corrected chi connectivity index (χ1v) is 8.78. The molecule has 1 aromatic carbocycles. The Hall–Kier alpha value is -2.33. The molecular formula is C20H23N3O. The van der Waals surface area contributed by atoms with Gasteiger partial charge in [-0.3, -0.25) is 4.90 Å². The molecular weight excluding hydrogens is 298 g/mol. The van der Waals surface area contributed by atoms with Crippen LogP contribution in [0.5, 0.6) is 5.75 Å². The number of benzene rings is 1. The zero-order valence-corrected chi connectivity index (χ0v) is 13.9. The number of piperidine rings is 1. The highest BCUT2D eigenvalue weighted by atomic mass is 16.5. The van der Waals surface area contributed by atoms with Gasteiger partial charge in [-0.15, -0.1) is 0 Å². The molecule has 4 heteroatoms. The Morgan fingerprint density at radius 1 is 1.00 bits per heavy atom. The highest BCUT2D eigenvalue weighted by Crippen LogP contribution is 2.23. The normalized spacial score (nSPS) is 15.7. The second-order valence-electron chi connectivity index (χ2n) is 6.37. The van der Waals surface area contributed by atoms with Crippen LogP contribution < -0.4 is 4.74 Å². The Labute approximate surface area is 142 Å². The van der Waals surface area contributed by atoms with Gasteiger partial charge >= 0.3 is 0 Å². The van der Waals surface area contributed by atoms with E-state index in [1.807, 2.05) is 40.9 Å².